The molecule has 0 aliphatic heterocycles. The SMILES string of the molecule is C=CC(CCC)c1ccc(C2=CC[C@](C)(CC)/C(=C\CC)C2(C)C)cc1. The van der Waals surface area contributed by atoms with Gasteiger partial charge in [-0.25, -0.2) is 0 Å². The summed E-state index contributed by atoms with van der Waals surface area (Å²) in [6, 6.07) is 9.27. The Morgan fingerprint density at radius 1 is 1.08 bits per heavy atom. The van der Waals surface area contributed by atoms with Gasteiger partial charge in [-0.15, -0.1) is 6.58 Å². The summed E-state index contributed by atoms with van der Waals surface area (Å²) in [5.41, 5.74) is 6.24. The maximum absolute atomic E-state index is 4.03. The van der Waals surface area contributed by atoms with E-state index >= 15 is 0 Å². The van der Waals surface area contributed by atoms with Crippen LogP contribution in [0.15, 0.2) is 54.6 Å². The summed E-state index contributed by atoms with van der Waals surface area (Å²) in [6.07, 6.45) is 12.9. The van der Waals surface area contributed by atoms with Gasteiger partial charge in [0.15, 0.2) is 0 Å². The van der Waals surface area contributed by atoms with Crippen molar-refractivity contribution in [1.82, 2.24) is 0 Å². The Morgan fingerprint density at radius 3 is 2.23 bits per heavy atom. The molecule has 1 unspecified atom stereocenters. The lowest BCUT2D eigenvalue weighted by Gasteiger charge is -2.46. The molecule has 0 spiro atoms. The average molecular weight is 351 g/mol. The zero-order valence-electron chi connectivity index (χ0n) is 17.9. The summed E-state index contributed by atoms with van der Waals surface area (Å²) in [7, 11) is 0. The van der Waals surface area contributed by atoms with Gasteiger partial charge in [-0.2, -0.15) is 0 Å². The van der Waals surface area contributed by atoms with Gasteiger partial charge in [0.25, 0.3) is 0 Å². The Bertz CT molecular complexity index is 668. The van der Waals surface area contributed by atoms with Crippen molar-refractivity contribution in [1.29, 1.82) is 0 Å². The van der Waals surface area contributed by atoms with Gasteiger partial charge in [-0.3, -0.25) is 0 Å². The third-order valence-corrected chi connectivity index (χ3v) is 6.48. The maximum Gasteiger partial charge on any atom is 0.0113 e. The third-order valence-electron chi connectivity index (χ3n) is 6.48. The van der Waals surface area contributed by atoms with Crippen LogP contribution in [0.5, 0.6) is 0 Å². The van der Waals surface area contributed by atoms with E-state index in [0.717, 1.165) is 12.8 Å². The summed E-state index contributed by atoms with van der Waals surface area (Å²) in [5, 5.41) is 0. The molecular weight excluding hydrogens is 312 g/mol. The average Bonchev–Trinajstić information content (AvgIpc) is 2.63. The van der Waals surface area contributed by atoms with Crippen LogP contribution in [0.3, 0.4) is 0 Å². The molecular formula is C26H38. The first kappa shape index (κ1) is 20.7. The topological polar surface area (TPSA) is 0 Å². The molecule has 0 fully saturated rings. The Morgan fingerprint density at radius 2 is 1.73 bits per heavy atom. The van der Waals surface area contributed by atoms with Crippen LogP contribution in [0.1, 0.15) is 90.7 Å². The second kappa shape index (κ2) is 8.42. The minimum Gasteiger partial charge on any atom is -0.102 e. The molecule has 0 bridgehead atoms. The van der Waals surface area contributed by atoms with E-state index in [2.05, 4.69) is 90.6 Å². The minimum absolute atomic E-state index is 0.0851. The molecule has 0 saturated carbocycles. The van der Waals surface area contributed by atoms with E-state index in [9.17, 15) is 0 Å². The highest BCUT2D eigenvalue weighted by Gasteiger charge is 2.41. The van der Waals surface area contributed by atoms with Gasteiger partial charge < -0.3 is 0 Å². The number of rotatable bonds is 7. The van der Waals surface area contributed by atoms with Crippen LogP contribution in [0.4, 0.5) is 0 Å². The highest BCUT2D eigenvalue weighted by molar-refractivity contribution is 5.75. The summed E-state index contributed by atoms with van der Waals surface area (Å²) in [5.74, 6) is 0.473. The van der Waals surface area contributed by atoms with Crippen LogP contribution in [0.25, 0.3) is 5.57 Å². The first-order valence-corrected chi connectivity index (χ1v) is 10.5. The molecule has 26 heavy (non-hydrogen) atoms. The molecule has 142 valence electrons. The minimum atomic E-state index is 0.0851. The monoisotopic (exact) mass is 350 g/mol. The Labute approximate surface area is 162 Å². The van der Waals surface area contributed by atoms with E-state index < -0.39 is 0 Å². The molecule has 0 amide bonds. The highest BCUT2D eigenvalue weighted by Crippen LogP contribution is 2.55. The quantitative estimate of drug-likeness (QED) is 0.434. The normalized spacial score (nSPS) is 25.0. The second-order valence-corrected chi connectivity index (χ2v) is 8.64. The molecule has 1 aromatic carbocycles. The third kappa shape index (κ3) is 3.90. The highest BCUT2D eigenvalue weighted by atomic mass is 14.5. The fourth-order valence-electron chi connectivity index (χ4n) is 4.75. The molecule has 0 N–H and O–H groups in total. The van der Waals surface area contributed by atoms with Gasteiger partial charge in [-0.1, -0.05) is 96.0 Å². The first-order chi connectivity index (χ1) is 12.3. The van der Waals surface area contributed by atoms with Crippen molar-refractivity contribution in [2.75, 3.05) is 0 Å². The largest absolute Gasteiger partial charge is 0.102 e. The summed E-state index contributed by atoms with van der Waals surface area (Å²) in [6.45, 7) is 18.1. The fourth-order valence-corrected chi connectivity index (χ4v) is 4.75. The van der Waals surface area contributed by atoms with E-state index in [1.807, 2.05) is 0 Å². The van der Waals surface area contributed by atoms with Crippen LogP contribution < -0.4 is 0 Å². The van der Waals surface area contributed by atoms with Gasteiger partial charge >= 0.3 is 0 Å². The predicted molar refractivity (Wildman–Crippen MR) is 117 cm³/mol. The lowest BCUT2D eigenvalue weighted by Crippen LogP contribution is -2.33. The Balaban J connectivity index is 2.42. The van der Waals surface area contributed by atoms with E-state index in [1.54, 1.807) is 5.57 Å². The molecule has 2 atom stereocenters. The van der Waals surface area contributed by atoms with Crippen LogP contribution in [-0.4, -0.2) is 0 Å². The molecule has 0 nitrogen and oxygen atoms in total. The number of hydrogen-bond acceptors (Lipinski definition) is 0. The van der Waals surface area contributed by atoms with Crippen LogP contribution >= 0.6 is 0 Å². The first-order valence-electron chi connectivity index (χ1n) is 10.5. The molecule has 0 aromatic heterocycles. The van der Waals surface area contributed by atoms with Crippen molar-refractivity contribution in [2.45, 2.75) is 79.6 Å². The second-order valence-electron chi connectivity index (χ2n) is 8.64. The molecule has 0 saturated heterocycles. The van der Waals surface area contributed by atoms with E-state index in [-0.39, 0.29) is 10.8 Å². The van der Waals surface area contributed by atoms with Crippen molar-refractivity contribution < 1.29 is 0 Å². The predicted octanol–water partition coefficient (Wildman–Crippen LogP) is 8.32. The van der Waals surface area contributed by atoms with Crippen molar-refractivity contribution >= 4 is 5.57 Å². The lowest BCUT2D eigenvalue weighted by atomic mass is 9.58. The van der Waals surface area contributed by atoms with Crippen LogP contribution in [-0.2, 0) is 0 Å². The molecule has 0 heteroatoms. The lowest BCUT2D eigenvalue weighted by molar-refractivity contribution is 0.310. The molecule has 2 rings (SSSR count). The van der Waals surface area contributed by atoms with E-state index in [0.29, 0.717) is 5.92 Å². The van der Waals surface area contributed by atoms with Gasteiger partial charge in [-0.05, 0) is 47.8 Å². The molecule has 1 aliphatic carbocycles. The summed E-state index contributed by atoms with van der Waals surface area (Å²) < 4.78 is 0. The van der Waals surface area contributed by atoms with Gasteiger partial charge in [0, 0.05) is 11.3 Å². The fraction of sp³-hybridized carbons (Fsp3) is 0.538. The van der Waals surface area contributed by atoms with Crippen LogP contribution in [0.2, 0.25) is 0 Å². The summed E-state index contributed by atoms with van der Waals surface area (Å²) in [4.78, 5) is 0. The zero-order valence-corrected chi connectivity index (χ0v) is 17.9. The zero-order chi connectivity index (χ0) is 19.4. The maximum atomic E-state index is 4.03. The van der Waals surface area contributed by atoms with Crippen molar-refractivity contribution in [3.63, 3.8) is 0 Å². The smallest absolute Gasteiger partial charge is 0.0113 e. The standard InChI is InChI=1S/C26H38/c1-8-12-20(10-3)21-14-16-22(17-15-21)23-18-19-26(7,11-4)24(13-9-2)25(23,5)6/h10,13-18,20H,3,8-9,11-12,19H2,1-2,4-7H3/b24-13-/t20?,26-/m0/s1. The van der Waals surface area contributed by atoms with Crippen LogP contribution in [0, 0.1) is 10.8 Å². The molecule has 1 aliphatic rings. The number of hydrogen-bond donors (Lipinski definition) is 0. The molecule has 1 aromatic rings. The van der Waals surface area contributed by atoms with Crippen molar-refractivity contribution in [3.8, 4) is 0 Å². The summed E-state index contributed by atoms with van der Waals surface area (Å²) >= 11 is 0. The van der Waals surface area contributed by atoms with Gasteiger partial charge in [0.1, 0.15) is 0 Å². The number of benzene rings is 1. The van der Waals surface area contributed by atoms with Crippen molar-refractivity contribution in [2.24, 2.45) is 10.8 Å². The number of allylic oxidation sites excluding steroid dienone is 5. The van der Waals surface area contributed by atoms with E-state index in [4.69, 9.17) is 0 Å². The van der Waals surface area contributed by atoms with Gasteiger partial charge in [0.2, 0.25) is 0 Å². The Kier molecular flexibility index (Phi) is 6.72. The van der Waals surface area contributed by atoms with E-state index in [1.165, 1.54) is 36.0 Å². The Hall–Kier alpha value is -1.56. The van der Waals surface area contributed by atoms with Gasteiger partial charge in [0.05, 0.1) is 0 Å². The van der Waals surface area contributed by atoms with Crippen molar-refractivity contribution in [3.05, 3.63) is 65.8 Å². The molecule has 0 heterocycles. The molecule has 0 radical (unpaired) electrons.